The van der Waals surface area contributed by atoms with Gasteiger partial charge in [0.05, 0.1) is 18.6 Å². The zero-order valence-electron chi connectivity index (χ0n) is 8.37. The lowest BCUT2D eigenvalue weighted by atomic mass is 10.2. The average Bonchev–Trinajstić information content (AvgIpc) is 2.25. The standard InChI is InChI=1S/C8H10NO6P/c1-14-8-4-6(5-15-16(12)13)2-3-7(8)9(10)11/h2-4,16H,5H2,1H3,(H,12,13). The zero-order valence-corrected chi connectivity index (χ0v) is 9.37. The normalized spacial score (nSPS) is 12.1. The Morgan fingerprint density at radius 2 is 2.25 bits per heavy atom. The summed E-state index contributed by atoms with van der Waals surface area (Å²) < 4.78 is 19.7. The zero-order chi connectivity index (χ0) is 12.1. The van der Waals surface area contributed by atoms with Gasteiger partial charge in [0.1, 0.15) is 0 Å². The van der Waals surface area contributed by atoms with Crippen LogP contribution in [0.3, 0.4) is 0 Å². The third-order valence-corrected chi connectivity index (χ3v) is 2.19. The van der Waals surface area contributed by atoms with Gasteiger partial charge in [-0.25, -0.2) is 0 Å². The summed E-state index contributed by atoms with van der Waals surface area (Å²) in [6, 6.07) is 4.08. The van der Waals surface area contributed by atoms with Crippen molar-refractivity contribution < 1.29 is 23.6 Å². The molecular formula is C8H10NO6P. The van der Waals surface area contributed by atoms with Gasteiger partial charge < -0.3 is 14.2 Å². The molecule has 8 heteroatoms. The molecule has 1 rings (SSSR count). The minimum absolute atomic E-state index is 0.0868. The second-order valence-electron chi connectivity index (χ2n) is 2.82. The fraction of sp³-hybridized carbons (Fsp3) is 0.250. The molecule has 0 aromatic heterocycles. The SMILES string of the molecule is COc1cc(CO[PH](=O)O)ccc1[N+](=O)[O-]. The topological polar surface area (TPSA) is 98.9 Å². The highest BCUT2D eigenvalue weighted by molar-refractivity contribution is 7.32. The third kappa shape index (κ3) is 3.30. The molecule has 0 bridgehead atoms. The average molecular weight is 247 g/mol. The number of hydrogen-bond acceptors (Lipinski definition) is 5. The summed E-state index contributed by atoms with van der Waals surface area (Å²) in [5.41, 5.74) is 0.359. The number of nitro benzene ring substituents is 1. The number of nitro groups is 1. The van der Waals surface area contributed by atoms with Crippen LogP contribution in [-0.2, 0) is 15.7 Å². The van der Waals surface area contributed by atoms with Crippen LogP contribution in [0.1, 0.15) is 5.56 Å². The van der Waals surface area contributed by atoms with E-state index in [-0.39, 0.29) is 18.0 Å². The van der Waals surface area contributed by atoms with Crippen molar-refractivity contribution in [3.05, 3.63) is 33.9 Å². The van der Waals surface area contributed by atoms with Gasteiger partial charge >= 0.3 is 13.9 Å². The Labute approximate surface area is 91.7 Å². The molecule has 88 valence electrons. The summed E-state index contributed by atoms with van der Waals surface area (Å²) in [5.74, 6) is 0.0868. The number of hydrogen-bond donors (Lipinski definition) is 1. The van der Waals surface area contributed by atoms with Crippen molar-refractivity contribution in [2.75, 3.05) is 7.11 Å². The maximum absolute atomic E-state index is 10.6. The highest BCUT2D eigenvalue weighted by Gasteiger charge is 2.14. The van der Waals surface area contributed by atoms with Crippen molar-refractivity contribution >= 4 is 13.9 Å². The molecule has 0 heterocycles. The Bertz CT molecular complexity index is 421. The molecule has 1 unspecified atom stereocenters. The summed E-state index contributed by atoms with van der Waals surface area (Å²) in [4.78, 5) is 18.5. The van der Waals surface area contributed by atoms with Gasteiger partial charge in [-0.05, 0) is 17.7 Å². The van der Waals surface area contributed by atoms with Crippen molar-refractivity contribution in [1.82, 2.24) is 0 Å². The number of methoxy groups -OCH3 is 1. The summed E-state index contributed by atoms with van der Waals surface area (Å²) >= 11 is 0. The predicted molar refractivity (Wildman–Crippen MR) is 55.7 cm³/mol. The molecule has 7 nitrogen and oxygen atoms in total. The van der Waals surface area contributed by atoms with Crippen LogP contribution in [0, 0.1) is 10.1 Å². The fourth-order valence-corrected chi connectivity index (χ4v) is 1.40. The Morgan fingerprint density at radius 1 is 1.56 bits per heavy atom. The summed E-state index contributed by atoms with van der Waals surface area (Å²) in [6.45, 7) is -0.0946. The molecule has 1 N–H and O–H groups in total. The van der Waals surface area contributed by atoms with Gasteiger partial charge in [-0.1, -0.05) is 0 Å². The lowest BCUT2D eigenvalue weighted by Crippen LogP contribution is -1.95. The maximum atomic E-state index is 10.6. The second kappa shape index (κ2) is 5.60. The first-order valence-corrected chi connectivity index (χ1v) is 5.48. The molecule has 1 atom stereocenters. The molecular weight excluding hydrogens is 237 g/mol. The van der Waals surface area contributed by atoms with E-state index in [4.69, 9.17) is 9.63 Å². The molecule has 0 amide bonds. The van der Waals surface area contributed by atoms with Gasteiger partial charge in [-0.15, -0.1) is 0 Å². The van der Waals surface area contributed by atoms with Crippen molar-refractivity contribution in [2.45, 2.75) is 6.61 Å². The Kier molecular flexibility index (Phi) is 4.42. The van der Waals surface area contributed by atoms with E-state index in [2.05, 4.69) is 4.52 Å². The van der Waals surface area contributed by atoms with Crippen LogP contribution in [0.4, 0.5) is 5.69 Å². The third-order valence-electron chi connectivity index (χ3n) is 1.80. The fourth-order valence-electron chi connectivity index (χ4n) is 1.11. The van der Waals surface area contributed by atoms with Crippen LogP contribution < -0.4 is 4.74 Å². The molecule has 1 aromatic carbocycles. The first kappa shape index (κ1) is 12.6. The van der Waals surface area contributed by atoms with E-state index < -0.39 is 13.2 Å². The second-order valence-corrected chi connectivity index (χ2v) is 3.64. The van der Waals surface area contributed by atoms with Gasteiger partial charge in [0.2, 0.25) is 0 Å². The molecule has 0 radical (unpaired) electrons. The minimum Gasteiger partial charge on any atom is -0.490 e. The van der Waals surface area contributed by atoms with E-state index in [1.54, 1.807) is 0 Å². The molecule has 1 aromatic rings. The lowest BCUT2D eigenvalue weighted by Gasteiger charge is -2.04. The van der Waals surface area contributed by atoms with Gasteiger partial charge in [0, 0.05) is 6.07 Å². The molecule has 0 aliphatic carbocycles. The van der Waals surface area contributed by atoms with Gasteiger partial charge in [0.25, 0.3) is 0 Å². The Balaban J connectivity index is 2.90. The molecule has 0 saturated heterocycles. The van der Waals surface area contributed by atoms with Crippen molar-refractivity contribution in [2.24, 2.45) is 0 Å². The highest BCUT2D eigenvalue weighted by Crippen LogP contribution is 2.28. The van der Waals surface area contributed by atoms with Crippen LogP contribution in [0.15, 0.2) is 18.2 Å². The summed E-state index contributed by atoms with van der Waals surface area (Å²) in [5, 5.41) is 10.6. The number of nitrogens with zero attached hydrogens (tertiary/aromatic N) is 1. The molecule has 0 saturated carbocycles. The number of ether oxygens (including phenoxy) is 1. The minimum atomic E-state index is -3.00. The molecule has 0 aliphatic heterocycles. The van der Waals surface area contributed by atoms with E-state index in [0.717, 1.165) is 0 Å². The lowest BCUT2D eigenvalue weighted by molar-refractivity contribution is -0.385. The van der Waals surface area contributed by atoms with Gasteiger partial charge in [-0.3, -0.25) is 14.7 Å². The van der Waals surface area contributed by atoms with E-state index in [1.807, 2.05) is 0 Å². The molecule has 16 heavy (non-hydrogen) atoms. The molecule has 0 spiro atoms. The number of benzene rings is 1. The van der Waals surface area contributed by atoms with Crippen LogP contribution >= 0.6 is 8.25 Å². The molecule has 0 aliphatic rings. The quantitative estimate of drug-likeness (QED) is 0.481. The monoisotopic (exact) mass is 247 g/mol. The summed E-state index contributed by atoms with van der Waals surface area (Å²) in [6.07, 6.45) is 0. The van der Waals surface area contributed by atoms with Crippen LogP contribution in [0.2, 0.25) is 0 Å². The van der Waals surface area contributed by atoms with Gasteiger partial charge in [0.15, 0.2) is 5.75 Å². The highest BCUT2D eigenvalue weighted by atomic mass is 31.1. The maximum Gasteiger partial charge on any atom is 0.316 e. The van der Waals surface area contributed by atoms with E-state index in [1.165, 1.54) is 25.3 Å². The van der Waals surface area contributed by atoms with Gasteiger partial charge in [-0.2, -0.15) is 0 Å². The summed E-state index contributed by atoms with van der Waals surface area (Å²) in [7, 11) is -1.69. The smallest absolute Gasteiger partial charge is 0.316 e. The predicted octanol–water partition coefficient (Wildman–Crippen LogP) is 1.50. The van der Waals surface area contributed by atoms with Crippen LogP contribution in [0.25, 0.3) is 0 Å². The van der Waals surface area contributed by atoms with E-state index in [9.17, 15) is 14.7 Å². The largest absolute Gasteiger partial charge is 0.490 e. The Hall–Kier alpha value is -1.43. The Morgan fingerprint density at radius 3 is 2.75 bits per heavy atom. The van der Waals surface area contributed by atoms with E-state index in [0.29, 0.717) is 5.56 Å². The van der Waals surface area contributed by atoms with Crippen molar-refractivity contribution in [3.8, 4) is 5.75 Å². The van der Waals surface area contributed by atoms with Crippen molar-refractivity contribution in [1.29, 1.82) is 0 Å². The van der Waals surface area contributed by atoms with Crippen molar-refractivity contribution in [3.63, 3.8) is 0 Å². The molecule has 0 fully saturated rings. The van der Waals surface area contributed by atoms with E-state index >= 15 is 0 Å². The van der Waals surface area contributed by atoms with Crippen LogP contribution in [-0.4, -0.2) is 16.9 Å². The van der Waals surface area contributed by atoms with Crippen LogP contribution in [0.5, 0.6) is 5.75 Å². The first-order valence-electron chi connectivity index (χ1n) is 4.21. The first-order chi connectivity index (χ1) is 7.54. The number of rotatable bonds is 5.